The van der Waals surface area contributed by atoms with Crippen molar-refractivity contribution in [2.75, 3.05) is 0 Å². The number of benzene rings is 1. The third kappa shape index (κ3) is 3.90. The number of unbranched alkanes of at least 4 members (excludes halogenated alkanes) is 3. The zero-order valence-electron chi connectivity index (χ0n) is 19.1. The number of aryl methyl sites for hydroxylation is 1. The molecule has 1 aromatic carbocycles. The van der Waals surface area contributed by atoms with Crippen molar-refractivity contribution in [1.82, 2.24) is 4.98 Å². The molecule has 1 fully saturated rings. The predicted octanol–water partition coefficient (Wildman–Crippen LogP) is 5.13. The van der Waals surface area contributed by atoms with Crippen LogP contribution in [0.3, 0.4) is 0 Å². The molecule has 0 atom stereocenters. The quantitative estimate of drug-likeness (QED) is 0.534. The molecule has 0 spiro atoms. The fraction of sp³-hybridized carbons (Fsp3) is 0.560. The molecule has 160 valence electrons. The highest BCUT2D eigenvalue weighted by Crippen LogP contribution is 2.37. The molecule has 4 rings (SSSR count). The van der Waals surface area contributed by atoms with E-state index in [-0.39, 0.29) is 16.8 Å². The summed E-state index contributed by atoms with van der Waals surface area (Å²) in [6, 6.07) is 5.98. The fourth-order valence-electron chi connectivity index (χ4n) is 4.44. The van der Waals surface area contributed by atoms with E-state index in [0.29, 0.717) is 0 Å². The van der Waals surface area contributed by atoms with Gasteiger partial charge in [-0.05, 0) is 70.3 Å². The molecule has 2 heterocycles. The van der Waals surface area contributed by atoms with Crippen molar-refractivity contribution < 1.29 is 9.31 Å². The standard InChI is InChI=1S/C25H34BNO3/c1-6-7-8-9-10-17-11-14-22-21(15-17)20-16-18(12-13-19(20)23(28)27-22)26-29-24(2,3)25(4,5)30-26/h12-13,15-16H,6-11,14H2,1-5H3,(H,27,28). The van der Waals surface area contributed by atoms with Crippen molar-refractivity contribution in [3.05, 3.63) is 45.4 Å². The highest BCUT2D eigenvalue weighted by Gasteiger charge is 2.51. The maximum atomic E-state index is 12.7. The van der Waals surface area contributed by atoms with Crippen molar-refractivity contribution in [2.45, 2.75) is 90.8 Å². The van der Waals surface area contributed by atoms with Crippen molar-refractivity contribution in [2.24, 2.45) is 0 Å². The van der Waals surface area contributed by atoms with Crippen LogP contribution >= 0.6 is 0 Å². The Bertz CT molecular complexity index is 1020. The number of aromatic nitrogens is 1. The van der Waals surface area contributed by atoms with Gasteiger partial charge in [0.1, 0.15) is 0 Å². The summed E-state index contributed by atoms with van der Waals surface area (Å²) in [5, 5.41) is 1.74. The average Bonchev–Trinajstić information content (AvgIpc) is 2.92. The van der Waals surface area contributed by atoms with E-state index in [2.05, 4.69) is 51.7 Å². The molecule has 4 nitrogen and oxygen atoms in total. The summed E-state index contributed by atoms with van der Waals surface area (Å²) < 4.78 is 12.5. The highest BCUT2D eigenvalue weighted by molar-refractivity contribution is 6.62. The fourth-order valence-corrected chi connectivity index (χ4v) is 4.44. The summed E-state index contributed by atoms with van der Waals surface area (Å²) in [5.41, 5.74) is 3.90. The van der Waals surface area contributed by atoms with Crippen molar-refractivity contribution in [1.29, 1.82) is 0 Å². The van der Waals surface area contributed by atoms with E-state index in [0.717, 1.165) is 41.2 Å². The monoisotopic (exact) mass is 407 g/mol. The van der Waals surface area contributed by atoms with Crippen molar-refractivity contribution in [3.63, 3.8) is 0 Å². The molecule has 1 N–H and O–H groups in total. The van der Waals surface area contributed by atoms with Gasteiger partial charge in [-0.2, -0.15) is 0 Å². The van der Waals surface area contributed by atoms with E-state index < -0.39 is 7.12 Å². The van der Waals surface area contributed by atoms with Crippen LogP contribution in [0.4, 0.5) is 0 Å². The Hall–Kier alpha value is -1.85. The van der Waals surface area contributed by atoms with Gasteiger partial charge < -0.3 is 14.3 Å². The molecule has 0 saturated carbocycles. The zero-order chi connectivity index (χ0) is 21.5. The third-order valence-corrected chi connectivity index (χ3v) is 7.09. The molecule has 0 radical (unpaired) electrons. The number of hydrogen-bond acceptors (Lipinski definition) is 3. The minimum absolute atomic E-state index is 0.0102. The van der Waals surface area contributed by atoms with E-state index in [9.17, 15) is 4.79 Å². The first-order chi connectivity index (χ1) is 14.2. The maximum Gasteiger partial charge on any atom is 0.494 e. The van der Waals surface area contributed by atoms with Gasteiger partial charge in [0, 0.05) is 16.6 Å². The second kappa shape index (κ2) is 8.01. The predicted molar refractivity (Wildman–Crippen MR) is 125 cm³/mol. The molecule has 1 aliphatic heterocycles. The Labute approximate surface area is 180 Å². The van der Waals surface area contributed by atoms with Gasteiger partial charge in [0.05, 0.1) is 11.2 Å². The maximum absolute atomic E-state index is 12.7. The number of H-pyrrole nitrogens is 1. The third-order valence-electron chi connectivity index (χ3n) is 7.09. The number of allylic oxidation sites excluding steroid dienone is 1. The molecule has 1 aliphatic carbocycles. The normalized spacial score (nSPS) is 19.8. The van der Waals surface area contributed by atoms with Crippen LogP contribution < -0.4 is 11.0 Å². The lowest BCUT2D eigenvalue weighted by Crippen LogP contribution is -2.41. The van der Waals surface area contributed by atoms with Crippen LogP contribution in [0.15, 0.2) is 28.6 Å². The molecule has 1 saturated heterocycles. The van der Waals surface area contributed by atoms with Gasteiger partial charge in [-0.3, -0.25) is 4.79 Å². The van der Waals surface area contributed by atoms with Crippen LogP contribution in [-0.4, -0.2) is 23.3 Å². The second-order valence-corrected chi connectivity index (χ2v) is 9.85. The van der Waals surface area contributed by atoms with Gasteiger partial charge in [0.2, 0.25) is 0 Å². The molecule has 0 amide bonds. The summed E-state index contributed by atoms with van der Waals surface area (Å²) in [6.07, 6.45) is 10.5. The summed E-state index contributed by atoms with van der Waals surface area (Å²) in [5.74, 6) is 0. The number of pyridine rings is 1. The van der Waals surface area contributed by atoms with Gasteiger partial charge in [0.25, 0.3) is 5.56 Å². The van der Waals surface area contributed by atoms with Gasteiger partial charge in [-0.1, -0.05) is 50.0 Å². The van der Waals surface area contributed by atoms with Gasteiger partial charge in [-0.25, -0.2) is 0 Å². The number of hydrogen-bond donors (Lipinski definition) is 1. The Kier molecular flexibility index (Phi) is 5.71. The largest absolute Gasteiger partial charge is 0.494 e. The first-order valence-corrected chi connectivity index (χ1v) is 11.5. The SMILES string of the molecule is CCCCCCC1=Cc2c([nH]c(=O)c3ccc(B4OC(C)(C)C(C)(C)O4)cc23)CC1. The minimum Gasteiger partial charge on any atom is -0.399 e. The van der Waals surface area contributed by atoms with Crippen LogP contribution in [0.5, 0.6) is 0 Å². The first kappa shape index (κ1) is 21.4. The van der Waals surface area contributed by atoms with Crippen LogP contribution in [0.25, 0.3) is 16.8 Å². The van der Waals surface area contributed by atoms with Gasteiger partial charge in [0.15, 0.2) is 0 Å². The van der Waals surface area contributed by atoms with Crippen LogP contribution in [0.1, 0.15) is 84.4 Å². The van der Waals surface area contributed by atoms with Crippen molar-refractivity contribution >= 4 is 29.4 Å². The lowest BCUT2D eigenvalue weighted by atomic mass is 9.77. The minimum atomic E-state index is -0.421. The number of aromatic amines is 1. The Balaban J connectivity index is 1.70. The first-order valence-electron chi connectivity index (χ1n) is 11.5. The number of rotatable bonds is 6. The molecule has 30 heavy (non-hydrogen) atoms. The van der Waals surface area contributed by atoms with E-state index in [1.54, 1.807) is 0 Å². The molecular weight excluding hydrogens is 373 g/mol. The molecular formula is C25H34BNO3. The molecule has 2 aliphatic rings. The Morgan fingerprint density at radius 2 is 1.73 bits per heavy atom. The van der Waals surface area contributed by atoms with Crippen LogP contribution in [0, 0.1) is 0 Å². The van der Waals surface area contributed by atoms with Crippen LogP contribution in [0.2, 0.25) is 0 Å². The van der Waals surface area contributed by atoms with Crippen LogP contribution in [-0.2, 0) is 15.7 Å². The summed E-state index contributed by atoms with van der Waals surface area (Å²) >= 11 is 0. The number of fused-ring (bicyclic) bond motifs is 3. The molecule has 0 bridgehead atoms. The summed E-state index contributed by atoms with van der Waals surface area (Å²) in [4.78, 5) is 15.8. The number of nitrogens with one attached hydrogen (secondary N) is 1. The van der Waals surface area contributed by atoms with Gasteiger partial charge >= 0.3 is 7.12 Å². The second-order valence-electron chi connectivity index (χ2n) is 9.85. The lowest BCUT2D eigenvalue weighted by Gasteiger charge is -2.32. The average molecular weight is 407 g/mol. The molecule has 1 aromatic heterocycles. The van der Waals surface area contributed by atoms with E-state index in [4.69, 9.17) is 9.31 Å². The molecule has 5 heteroatoms. The van der Waals surface area contributed by atoms with E-state index in [1.165, 1.54) is 36.8 Å². The molecule has 0 unspecified atom stereocenters. The van der Waals surface area contributed by atoms with Gasteiger partial charge in [-0.15, -0.1) is 0 Å². The smallest absolute Gasteiger partial charge is 0.399 e. The van der Waals surface area contributed by atoms with E-state index in [1.807, 2.05) is 12.1 Å². The van der Waals surface area contributed by atoms with E-state index >= 15 is 0 Å². The van der Waals surface area contributed by atoms with Crippen molar-refractivity contribution in [3.8, 4) is 0 Å². The summed E-state index contributed by atoms with van der Waals surface area (Å²) in [6.45, 7) is 10.5. The Morgan fingerprint density at radius 3 is 2.43 bits per heavy atom. The Morgan fingerprint density at radius 1 is 1.00 bits per heavy atom. The molecule has 2 aromatic rings. The topological polar surface area (TPSA) is 51.3 Å². The zero-order valence-corrected chi connectivity index (χ0v) is 19.1. The summed E-state index contributed by atoms with van der Waals surface area (Å²) in [7, 11) is -0.421. The lowest BCUT2D eigenvalue weighted by molar-refractivity contribution is 0.00578. The highest BCUT2D eigenvalue weighted by atomic mass is 16.7.